The number of benzene rings is 1. The summed E-state index contributed by atoms with van der Waals surface area (Å²) >= 11 is 1.18. The number of alkyl halides is 6. The van der Waals surface area contributed by atoms with Crippen LogP contribution in [0.2, 0.25) is 0 Å². The summed E-state index contributed by atoms with van der Waals surface area (Å²) < 4.78 is 78.3. The molecule has 1 aromatic heterocycles. The van der Waals surface area contributed by atoms with E-state index >= 15 is 0 Å². The molecule has 1 unspecified atom stereocenters. The zero-order valence-corrected chi connectivity index (χ0v) is 15.9. The van der Waals surface area contributed by atoms with Gasteiger partial charge in [0.2, 0.25) is 5.13 Å². The lowest BCUT2D eigenvalue weighted by Gasteiger charge is -2.23. The van der Waals surface area contributed by atoms with Crippen molar-refractivity contribution in [3.8, 4) is 0 Å². The van der Waals surface area contributed by atoms with Crippen LogP contribution in [0.3, 0.4) is 0 Å². The van der Waals surface area contributed by atoms with Crippen molar-refractivity contribution in [3.05, 3.63) is 45.5 Å². The second-order valence-electron chi connectivity index (χ2n) is 6.29. The van der Waals surface area contributed by atoms with Gasteiger partial charge in [0.05, 0.1) is 16.8 Å². The topological polar surface area (TPSA) is 115 Å². The Kier molecular flexibility index (Phi) is 6.95. The standard InChI is InChI=1S/C16H14F6N4S.CH2O2/c17-15(18,19)9-3-8(4-10(6-9)16(20,21)22)7-1-2-11-12(5-7)27-14(25-11)26-13(23)24;2-1-3/h3-4,6-7H,1-2,5H2,(H4,23,24,25,26);1H,(H,2,3). The predicted octanol–water partition coefficient (Wildman–Crippen LogP) is 4.06. The highest BCUT2D eigenvalue weighted by Gasteiger charge is 2.38. The Morgan fingerprint density at radius 3 is 2.13 bits per heavy atom. The lowest BCUT2D eigenvalue weighted by molar-refractivity contribution is -0.143. The second-order valence-corrected chi connectivity index (χ2v) is 7.35. The maximum Gasteiger partial charge on any atom is 0.416 e. The fourth-order valence-electron chi connectivity index (χ4n) is 3.02. The molecule has 0 bridgehead atoms. The molecule has 5 N–H and O–H groups in total. The summed E-state index contributed by atoms with van der Waals surface area (Å²) in [5.74, 6) is -0.654. The minimum Gasteiger partial charge on any atom is -0.483 e. The van der Waals surface area contributed by atoms with Gasteiger partial charge in [-0.1, -0.05) is 11.3 Å². The van der Waals surface area contributed by atoms with Crippen LogP contribution in [0.1, 0.15) is 39.6 Å². The molecule has 2 aromatic rings. The van der Waals surface area contributed by atoms with Crippen molar-refractivity contribution >= 4 is 28.9 Å². The number of rotatable bonds is 2. The number of hydrogen-bond donors (Lipinski definition) is 3. The Balaban J connectivity index is 0.00000101. The number of halogens is 6. The van der Waals surface area contributed by atoms with Gasteiger partial charge in [-0.3, -0.25) is 4.79 Å². The van der Waals surface area contributed by atoms with Crippen molar-refractivity contribution in [2.45, 2.75) is 37.5 Å². The molecule has 6 nitrogen and oxygen atoms in total. The van der Waals surface area contributed by atoms with Gasteiger partial charge in [0.1, 0.15) is 0 Å². The molecule has 0 fully saturated rings. The third kappa shape index (κ3) is 5.84. The van der Waals surface area contributed by atoms with Gasteiger partial charge in [-0.25, -0.2) is 4.98 Å². The third-order valence-corrected chi connectivity index (χ3v) is 5.25. The van der Waals surface area contributed by atoms with E-state index < -0.39 is 29.4 Å². The number of carbonyl (C=O) groups is 1. The number of carboxylic acid groups (broad SMARTS) is 1. The molecule has 1 atom stereocenters. The van der Waals surface area contributed by atoms with Gasteiger partial charge < -0.3 is 16.6 Å². The highest BCUT2D eigenvalue weighted by Crippen LogP contribution is 2.42. The normalized spacial score (nSPS) is 16.1. The molecule has 1 aromatic carbocycles. The van der Waals surface area contributed by atoms with Crippen molar-refractivity contribution < 1.29 is 36.2 Å². The van der Waals surface area contributed by atoms with E-state index in [1.165, 1.54) is 11.3 Å². The average Bonchev–Trinajstić information content (AvgIpc) is 3.01. The zero-order chi connectivity index (χ0) is 22.7. The molecule has 0 spiro atoms. The van der Waals surface area contributed by atoms with E-state index in [2.05, 4.69) is 9.98 Å². The van der Waals surface area contributed by atoms with Crippen LogP contribution < -0.4 is 11.5 Å². The van der Waals surface area contributed by atoms with Crippen LogP contribution in [0, 0.1) is 0 Å². The third-order valence-electron chi connectivity index (χ3n) is 4.23. The van der Waals surface area contributed by atoms with Gasteiger partial charge in [-0.05, 0) is 48.9 Å². The molecule has 1 heterocycles. The fraction of sp³-hybridized carbons (Fsp3) is 0.353. The lowest BCUT2D eigenvalue weighted by atomic mass is 9.84. The van der Waals surface area contributed by atoms with E-state index in [-0.39, 0.29) is 30.5 Å². The van der Waals surface area contributed by atoms with Gasteiger partial charge in [0, 0.05) is 4.88 Å². The molecule has 1 aliphatic carbocycles. The molecular weight excluding hydrogens is 438 g/mol. The number of guanidine groups is 1. The van der Waals surface area contributed by atoms with E-state index in [0.717, 1.165) is 22.7 Å². The maximum atomic E-state index is 13.1. The predicted molar refractivity (Wildman–Crippen MR) is 97.5 cm³/mol. The number of aromatic nitrogens is 1. The van der Waals surface area contributed by atoms with E-state index in [1.807, 2.05) is 0 Å². The Morgan fingerprint density at radius 1 is 1.13 bits per heavy atom. The highest BCUT2D eigenvalue weighted by molar-refractivity contribution is 7.15. The SMILES string of the molecule is NC(N)=Nc1nc2c(s1)CC(c1cc(C(F)(F)F)cc(C(F)(F)F)c1)CC2.O=CO. The van der Waals surface area contributed by atoms with Gasteiger partial charge in [0.15, 0.2) is 5.96 Å². The van der Waals surface area contributed by atoms with Crippen molar-refractivity contribution in [2.24, 2.45) is 16.5 Å². The first-order valence-corrected chi connectivity index (χ1v) is 9.12. The summed E-state index contributed by atoms with van der Waals surface area (Å²) in [6, 6.07) is 1.73. The van der Waals surface area contributed by atoms with Crippen molar-refractivity contribution in [1.29, 1.82) is 0 Å². The molecule has 164 valence electrons. The van der Waals surface area contributed by atoms with Crippen molar-refractivity contribution in [3.63, 3.8) is 0 Å². The van der Waals surface area contributed by atoms with Crippen LogP contribution in [-0.4, -0.2) is 22.5 Å². The molecule has 0 saturated carbocycles. The van der Waals surface area contributed by atoms with Gasteiger partial charge in [-0.15, -0.1) is 0 Å². The second kappa shape index (κ2) is 8.90. The Labute approximate surface area is 170 Å². The molecule has 0 saturated heterocycles. The molecule has 3 rings (SSSR count). The molecule has 1 aliphatic rings. The van der Waals surface area contributed by atoms with E-state index in [4.69, 9.17) is 21.4 Å². The first kappa shape index (κ1) is 23.4. The number of hydrogen-bond acceptors (Lipinski definition) is 4. The van der Waals surface area contributed by atoms with E-state index in [0.29, 0.717) is 18.0 Å². The smallest absolute Gasteiger partial charge is 0.416 e. The summed E-state index contributed by atoms with van der Waals surface area (Å²) in [5.41, 5.74) is 8.72. The minimum atomic E-state index is -4.86. The first-order chi connectivity index (χ1) is 13.8. The van der Waals surface area contributed by atoms with Crippen molar-refractivity contribution in [1.82, 2.24) is 4.98 Å². The average molecular weight is 454 g/mol. The Morgan fingerprint density at radius 2 is 1.67 bits per heavy atom. The van der Waals surface area contributed by atoms with Gasteiger partial charge in [0.25, 0.3) is 6.47 Å². The quantitative estimate of drug-likeness (QED) is 0.274. The fourth-order valence-corrected chi connectivity index (χ4v) is 4.10. The first-order valence-electron chi connectivity index (χ1n) is 8.30. The maximum absolute atomic E-state index is 13.1. The van der Waals surface area contributed by atoms with Crippen LogP contribution in [-0.2, 0) is 30.0 Å². The van der Waals surface area contributed by atoms with Crippen LogP contribution in [0.5, 0.6) is 0 Å². The van der Waals surface area contributed by atoms with Crippen LogP contribution in [0.25, 0.3) is 0 Å². The summed E-state index contributed by atoms with van der Waals surface area (Å²) in [4.78, 5) is 17.2. The molecule has 13 heteroatoms. The number of nitrogens with zero attached hydrogens (tertiary/aromatic N) is 2. The van der Waals surface area contributed by atoms with Gasteiger partial charge >= 0.3 is 12.4 Å². The van der Waals surface area contributed by atoms with Crippen LogP contribution in [0.15, 0.2) is 23.2 Å². The van der Waals surface area contributed by atoms with Crippen LogP contribution in [0.4, 0.5) is 31.5 Å². The summed E-state index contributed by atoms with van der Waals surface area (Å²) in [7, 11) is 0. The van der Waals surface area contributed by atoms with Crippen LogP contribution >= 0.6 is 11.3 Å². The van der Waals surface area contributed by atoms with Crippen molar-refractivity contribution in [2.75, 3.05) is 0 Å². The molecule has 0 radical (unpaired) electrons. The minimum absolute atomic E-state index is 0.0135. The monoisotopic (exact) mass is 454 g/mol. The number of thiazole rings is 1. The lowest BCUT2D eigenvalue weighted by Crippen LogP contribution is -2.21. The number of aliphatic imine (C=N–C) groups is 1. The Hall–Kier alpha value is -2.83. The molecule has 0 aliphatic heterocycles. The number of nitrogens with two attached hydrogens (primary N) is 2. The Bertz CT molecular complexity index is 903. The summed E-state index contributed by atoms with van der Waals surface area (Å²) in [6.07, 6.45) is -8.63. The summed E-state index contributed by atoms with van der Waals surface area (Å²) in [5, 5.41) is 7.21. The molecule has 30 heavy (non-hydrogen) atoms. The number of fused-ring (bicyclic) bond motifs is 1. The number of aryl methyl sites for hydroxylation is 1. The van der Waals surface area contributed by atoms with E-state index in [9.17, 15) is 26.3 Å². The largest absolute Gasteiger partial charge is 0.483 e. The zero-order valence-electron chi connectivity index (χ0n) is 15.1. The summed E-state index contributed by atoms with van der Waals surface area (Å²) in [6.45, 7) is -0.250. The van der Waals surface area contributed by atoms with E-state index in [1.54, 1.807) is 0 Å². The molecular formula is C17H16F6N4O2S. The van der Waals surface area contributed by atoms with Gasteiger partial charge in [-0.2, -0.15) is 31.3 Å². The molecule has 0 amide bonds. The highest BCUT2D eigenvalue weighted by atomic mass is 32.1.